The Kier molecular flexibility index (Phi) is 4.93. The topological polar surface area (TPSA) is 49.8 Å². The minimum absolute atomic E-state index is 0.0167. The summed E-state index contributed by atoms with van der Waals surface area (Å²) in [5.41, 5.74) is 0.631. The smallest absolute Gasteiger partial charge is 0.159 e. The van der Waals surface area contributed by atoms with E-state index in [1.165, 1.54) is 19.8 Å². The van der Waals surface area contributed by atoms with Crippen LogP contribution in [-0.4, -0.2) is 48.1 Å². The fourth-order valence-corrected chi connectivity index (χ4v) is 2.31. The molecule has 1 saturated heterocycles. The van der Waals surface area contributed by atoms with E-state index in [-0.39, 0.29) is 12.4 Å². The molecule has 0 bridgehead atoms. The largest absolute Gasteiger partial charge is 0.491 e. The number of nitrogens with zero attached hydrogens (tertiary/aromatic N) is 1. The van der Waals surface area contributed by atoms with Gasteiger partial charge in [-0.15, -0.1) is 0 Å². The van der Waals surface area contributed by atoms with Crippen LogP contribution in [0.1, 0.15) is 30.1 Å². The maximum absolute atomic E-state index is 11.3. The van der Waals surface area contributed by atoms with Gasteiger partial charge < -0.3 is 14.7 Å². The fraction of sp³-hybridized carbons (Fsp3) is 0.533. The predicted octanol–water partition coefficient (Wildman–Crippen LogP) is 1.72. The Morgan fingerprint density at radius 1 is 1.42 bits per heavy atom. The van der Waals surface area contributed by atoms with Gasteiger partial charge in [0.25, 0.3) is 0 Å². The number of carbonyl (C=O) groups excluding carboxylic acids is 1. The highest BCUT2D eigenvalue weighted by Gasteiger charge is 2.16. The molecule has 0 amide bonds. The standard InChI is InChI=1S/C15H21NO3/c1-12(17)13-5-4-6-15(9-13)19-11-14(18)10-16-7-2-3-8-16/h4-6,9,14,18H,2-3,7-8,10-11H2,1H3. The first-order valence-electron chi connectivity index (χ1n) is 6.79. The Morgan fingerprint density at radius 3 is 2.84 bits per heavy atom. The molecule has 1 aliphatic rings. The Hall–Kier alpha value is -1.39. The van der Waals surface area contributed by atoms with Crippen LogP contribution in [0.2, 0.25) is 0 Å². The molecule has 0 aromatic heterocycles. The summed E-state index contributed by atoms with van der Waals surface area (Å²) in [5, 5.41) is 9.92. The van der Waals surface area contributed by atoms with Gasteiger partial charge in [-0.25, -0.2) is 0 Å². The molecule has 1 atom stereocenters. The van der Waals surface area contributed by atoms with Crippen molar-refractivity contribution < 1.29 is 14.6 Å². The van der Waals surface area contributed by atoms with E-state index in [4.69, 9.17) is 4.74 Å². The van der Waals surface area contributed by atoms with E-state index in [1.54, 1.807) is 24.3 Å². The highest BCUT2D eigenvalue weighted by atomic mass is 16.5. The number of hydrogen-bond donors (Lipinski definition) is 1. The van der Waals surface area contributed by atoms with Gasteiger partial charge in [-0.3, -0.25) is 4.79 Å². The average molecular weight is 263 g/mol. The minimum Gasteiger partial charge on any atom is -0.491 e. The zero-order valence-corrected chi connectivity index (χ0v) is 11.3. The third-order valence-electron chi connectivity index (χ3n) is 3.35. The molecule has 0 aliphatic carbocycles. The summed E-state index contributed by atoms with van der Waals surface area (Å²) >= 11 is 0. The Labute approximate surface area is 114 Å². The molecule has 1 unspecified atom stereocenters. The molecule has 0 spiro atoms. The quantitative estimate of drug-likeness (QED) is 0.794. The van der Waals surface area contributed by atoms with Gasteiger partial charge in [-0.1, -0.05) is 12.1 Å². The molecule has 1 aliphatic heterocycles. The number of likely N-dealkylation sites (tertiary alicyclic amines) is 1. The van der Waals surface area contributed by atoms with Gasteiger partial charge in [0.05, 0.1) is 0 Å². The number of Topliss-reactive ketones (excluding diaryl/α,β-unsaturated/α-hetero) is 1. The number of hydrogen-bond acceptors (Lipinski definition) is 4. The molecule has 1 fully saturated rings. The van der Waals surface area contributed by atoms with E-state index in [2.05, 4.69) is 4.90 Å². The lowest BCUT2D eigenvalue weighted by Crippen LogP contribution is -2.33. The van der Waals surface area contributed by atoms with E-state index < -0.39 is 6.10 Å². The third-order valence-corrected chi connectivity index (χ3v) is 3.35. The first-order chi connectivity index (χ1) is 9.15. The van der Waals surface area contributed by atoms with Crippen LogP contribution in [0.4, 0.5) is 0 Å². The summed E-state index contributed by atoms with van der Waals surface area (Å²) in [7, 11) is 0. The Balaban J connectivity index is 1.80. The third kappa shape index (κ3) is 4.33. The molecule has 1 heterocycles. The van der Waals surface area contributed by atoms with Crippen LogP contribution in [0, 0.1) is 0 Å². The maximum Gasteiger partial charge on any atom is 0.159 e. The van der Waals surface area contributed by atoms with Crippen molar-refractivity contribution in [1.29, 1.82) is 0 Å². The van der Waals surface area contributed by atoms with Gasteiger partial charge >= 0.3 is 0 Å². The maximum atomic E-state index is 11.3. The van der Waals surface area contributed by atoms with Crippen molar-refractivity contribution in [2.45, 2.75) is 25.9 Å². The van der Waals surface area contributed by atoms with Crippen molar-refractivity contribution in [2.24, 2.45) is 0 Å². The molecule has 1 aromatic carbocycles. The fourth-order valence-electron chi connectivity index (χ4n) is 2.31. The van der Waals surface area contributed by atoms with E-state index in [0.717, 1.165) is 13.1 Å². The van der Waals surface area contributed by atoms with Gasteiger partial charge in [0, 0.05) is 12.1 Å². The van der Waals surface area contributed by atoms with Crippen LogP contribution in [0.25, 0.3) is 0 Å². The number of carbonyl (C=O) groups is 1. The summed E-state index contributed by atoms with van der Waals surface area (Å²) in [4.78, 5) is 13.5. The molecule has 4 nitrogen and oxygen atoms in total. The Bertz CT molecular complexity index is 427. The van der Waals surface area contributed by atoms with Crippen LogP contribution in [0.3, 0.4) is 0 Å². The second-order valence-electron chi connectivity index (χ2n) is 5.06. The van der Waals surface area contributed by atoms with E-state index >= 15 is 0 Å². The number of β-amino-alcohol motifs (C(OH)–C–C–N with tert-alkyl or cyclic N) is 1. The predicted molar refractivity (Wildman–Crippen MR) is 73.6 cm³/mol. The number of benzene rings is 1. The lowest BCUT2D eigenvalue weighted by atomic mass is 10.1. The van der Waals surface area contributed by atoms with Crippen LogP contribution in [-0.2, 0) is 0 Å². The summed E-state index contributed by atoms with van der Waals surface area (Å²) in [6.07, 6.45) is 1.95. The average Bonchev–Trinajstić information content (AvgIpc) is 2.89. The molecule has 0 radical (unpaired) electrons. The lowest BCUT2D eigenvalue weighted by molar-refractivity contribution is 0.0758. The van der Waals surface area contributed by atoms with Crippen molar-refractivity contribution in [3.05, 3.63) is 29.8 Å². The molecule has 1 aromatic rings. The molecule has 0 saturated carbocycles. The van der Waals surface area contributed by atoms with Gasteiger partial charge in [-0.2, -0.15) is 0 Å². The monoisotopic (exact) mass is 263 g/mol. The van der Waals surface area contributed by atoms with Gasteiger partial charge in [0.15, 0.2) is 5.78 Å². The molecular weight excluding hydrogens is 242 g/mol. The minimum atomic E-state index is -0.487. The van der Waals surface area contributed by atoms with Crippen LogP contribution in [0.15, 0.2) is 24.3 Å². The van der Waals surface area contributed by atoms with E-state index in [9.17, 15) is 9.90 Å². The van der Waals surface area contributed by atoms with Crippen molar-refractivity contribution in [1.82, 2.24) is 4.90 Å². The zero-order valence-electron chi connectivity index (χ0n) is 11.3. The number of ether oxygens (including phenoxy) is 1. The molecule has 2 rings (SSSR count). The van der Waals surface area contributed by atoms with E-state index in [1.807, 2.05) is 0 Å². The number of aliphatic hydroxyl groups is 1. The summed E-state index contributed by atoms with van der Waals surface area (Å²) in [6.45, 7) is 4.58. The molecular formula is C15H21NO3. The van der Waals surface area contributed by atoms with Crippen molar-refractivity contribution in [3.63, 3.8) is 0 Å². The van der Waals surface area contributed by atoms with Gasteiger partial charge in [0.2, 0.25) is 0 Å². The number of aliphatic hydroxyl groups excluding tert-OH is 1. The van der Waals surface area contributed by atoms with Crippen LogP contribution in [0.5, 0.6) is 5.75 Å². The van der Waals surface area contributed by atoms with Crippen molar-refractivity contribution in [3.8, 4) is 5.75 Å². The SMILES string of the molecule is CC(=O)c1cccc(OCC(O)CN2CCCC2)c1. The van der Waals surface area contributed by atoms with Gasteiger partial charge in [-0.05, 0) is 45.0 Å². The van der Waals surface area contributed by atoms with Gasteiger partial charge in [0.1, 0.15) is 18.5 Å². The summed E-state index contributed by atoms with van der Waals surface area (Å²) in [6, 6.07) is 7.06. The zero-order chi connectivity index (χ0) is 13.7. The molecule has 1 N–H and O–H groups in total. The summed E-state index contributed by atoms with van der Waals surface area (Å²) < 4.78 is 5.54. The van der Waals surface area contributed by atoms with E-state index in [0.29, 0.717) is 17.9 Å². The van der Waals surface area contributed by atoms with Crippen LogP contribution < -0.4 is 4.74 Å². The second-order valence-corrected chi connectivity index (χ2v) is 5.06. The molecule has 4 heteroatoms. The second kappa shape index (κ2) is 6.68. The lowest BCUT2D eigenvalue weighted by Gasteiger charge is -2.19. The van der Waals surface area contributed by atoms with Crippen molar-refractivity contribution >= 4 is 5.78 Å². The van der Waals surface area contributed by atoms with Crippen LogP contribution >= 0.6 is 0 Å². The number of rotatable bonds is 6. The van der Waals surface area contributed by atoms with Crippen molar-refractivity contribution in [2.75, 3.05) is 26.2 Å². The number of ketones is 1. The first-order valence-corrected chi connectivity index (χ1v) is 6.79. The highest BCUT2D eigenvalue weighted by molar-refractivity contribution is 5.94. The normalized spacial score (nSPS) is 17.4. The summed E-state index contributed by atoms with van der Waals surface area (Å²) in [5.74, 6) is 0.649. The molecule has 19 heavy (non-hydrogen) atoms. The first kappa shape index (κ1) is 14.0. The Morgan fingerprint density at radius 2 is 2.16 bits per heavy atom. The molecule has 104 valence electrons. The highest BCUT2D eigenvalue weighted by Crippen LogP contribution is 2.14.